The van der Waals surface area contributed by atoms with Crippen LogP contribution in [0.4, 0.5) is 18.9 Å². The number of nitrogens with zero attached hydrogens (tertiary/aromatic N) is 2. The largest absolute Gasteiger partial charge is 0.406 e. The van der Waals surface area contributed by atoms with Crippen molar-refractivity contribution in [2.45, 2.75) is 13.1 Å². The number of aromatic nitrogens is 1. The van der Waals surface area contributed by atoms with Crippen molar-refractivity contribution in [3.8, 4) is 0 Å². The number of alkyl halides is 3. The smallest absolute Gasteiger partial charge is 0.385 e. The van der Waals surface area contributed by atoms with Crippen LogP contribution in [0.1, 0.15) is 17.3 Å². The molecule has 7 heteroatoms. The molecule has 0 aliphatic heterocycles. The maximum atomic E-state index is 12.2. The Morgan fingerprint density at radius 2 is 2.17 bits per heavy atom. The van der Waals surface area contributed by atoms with Crippen LogP contribution in [-0.2, 0) is 0 Å². The Bertz CT molecular complexity index is 420. The zero-order chi connectivity index (χ0) is 13.8. The second-order valence-corrected chi connectivity index (χ2v) is 3.73. The first kappa shape index (κ1) is 14.3. The Morgan fingerprint density at radius 1 is 1.50 bits per heavy atom. The summed E-state index contributed by atoms with van der Waals surface area (Å²) in [5.41, 5.74) is 0.609. The van der Waals surface area contributed by atoms with Crippen molar-refractivity contribution in [2.24, 2.45) is 0 Å². The van der Waals surface area contributed by atoms with E-state index in [-0.39, 0.29) is 5.56 Å². The maximum absolute atomic E-state index is 12.2. The summed E-state index contributed by atoms with van der Waals surface area (Å²) in [6, 6.07) is 1.55. The lowest BCUT2D eigenvalue weighted by Gasteiger charge is -2.20. The Balaban J connectivity index is 2.89. The van der Waals surface area contributed by atoms with Crippen LogP contribution in [0.15, 0.2) is 18.5 Å². The van der Waals surface area contributed by atoms with Crippen molar-refractivity contribution in [3.63, 3.8) is 0 Å². The van der Waals surface area contributed by atoms with Crippen molar-refractivity contribution in [1.82, 2.24) is 9.88 Å². The standard InChI is InChI=1S/C11H14F3N3O/c1-3-16-9-4-5-15-6-8(9)10(18)17(2)7-11(12,13)14/h4-6H,3,7H2,1-2H3,(H,15,16). The van der Waals surface area contributed by atoms with Gasteiger partial charge in [0.05, 0.1) is 11.3 Å². The van der Waals surface area contributed by atoms with E-state index in [0.717, 1.165) is 7.05 Å². The Hall–Kier alpha value is -1.79. The Morgan fingerprint density at radius 3 is 2.72 bits per heavy atom. The highest BCUT2D eigenvalue weighted by Gasteiger charge is 2.32. The van der Waals surface area contributed by atoms with E-state index in [1.165, 1.54) is 12.4 Å². The molecule has 0 atom stereocenters. The number of amides is 1. The predicted octanol–water partition coefficient (Wildman–Crippen LogP) is 2.15. The van der Waals surface area contributed by atoms with E-state index in [1.54, 1.807) is 6.07 Å². The molecule has 0 unspecified atom stereocenters. The average molecular weight is 261 g/mol. The van der Waals surface area contributed by atoms with Crippen LogP contribution in [0.25, 0.3) is 0 Å². The average Bonchev–Trinajstić information content (AvgIpc) is 2.27. The number of halogens is 3. The molecule has 0 bridgehead atoms. The van der Waals surface area contributed by atoms with Gasteiger partial charge in [0.25, 0.3) is 5.91 Å². The molecule has 0 fully saturated rings. The molecule has 1 N–H and O–H groups in total. The van der Waals surface area contributed by atoms with Gasteiger partial charge in [0.15, 0.2) is 0 Å². The third-order valence-corrected chi connectivity index (χ3v) is 2.18. The SMILES string of the molecule is CCNc1ccncc1C(=O)N(C)CC(F)(F)F. The maximum Gasteiger partial charge on any atom is 0.406 e. The number of pyridine rings is 1. The first-order valence-electron chi connectivity index (χ1n) is 5.35. The summed E-state index contributed by atoms with van der Waals surface area (Å²) in [4.78, 5) is 16.2. The lowest BCUT2D eigenvalue weighted by molar-refractivity contribution is -0.138. The highest BCUT2D eigenvalue weighted by molar-refractivity contribution is 5.99. The summed E-state index contributed by atoms with van der Waals surface area (Å²) in [6.07, 6.45) is -1.68. The molecule has 0 saturated carbocycles. The normalized spacial score (nSPS) is 11.2. The zero-order valence-electron chi connectivity index (χ0n) is 10.1. The lowest BCUT2D eigenvalue weighted by atomic mass is 10.2. The molecule has 0 saturated heterocycles. The molecule has 1 aromatic heterocycles. The zero-order valence-corrected chi connectivity index (χ0v) is 10.1. The molecule has 1 heterocycles. The first-order chi connectivity index (χ1) is 8.35. The van der Waals surface area contributed by atoms with Crippen LogP contribution in [0.2, 0.25) is 0 Å². The Kier molecular flexibility index (Phi) is 4.52. The van der Waals surface area contributed by atoms with Crippen LogP contribution in [-0.4, -0.2) is 42.1 Å². The lowest BCUT2D eigenvalue weighted by Crippen LogP contribution is -2.36. The molecule has 1 aromatic rings. The molecule has 0 aliphatic carbocycles. The van der Waals surface area contributed by atoms with Crippen molar-refractivity contribution < 1.29 is 18.0 Å². The summed E-state index contributed by atoms with van der Waals surface area (Å²) in [5, 5.41) is 2.91. The Labute approximate surface area is 103 Å². The minimum atomic E-state index is -4.41. The molecule has 0 aromatic carbocycles. The molecular formula is C11H14F3N3O. The monoisotopic (exact) mass is 261 g/mol. The van der Waals surface area contributed by atoms with Gasteiger partial charge in [-0.3, -0.25) is 9.78 Å². The summed E-state index contributed by atoms with van der Waals surface area (Å²) in [7, 11) is 1.11. The van der Waals surface area contributed by atoms with E-state index in [0.29, 0.717) is 17.1 Å². The summed E-state index contributed by atoms with van der Waals surface area (Å²) >= 11 is 0. The van der Waals surface area contributed by atoms with E-state index >= 15 is 0 Å². The third kappa shape index (κ3) is 3.90. The fourth-order valence-electron chi connectivity index (χ4n) is 1.46. The van der Waals surface area contributed by atoms with Crippen molar-refractivity contribution in [2.75, 3.05) is 25.5 Å². The number of hydrogen-bond acceptors (Lipinski definition) is 3. The van der Waals surface area contributed by atoms with Gasteiger partial charge < -0.3 is 10.2 Å². The third-order valence-electron chi connectivity index (χ3n) is 2.18. The number of rotatable bonds is 4. The second kappa shape index (κ2) is 5.70. The number of carbonyl (C=O) groups excluding carboxylic acids is 1. The van der Waals surface area contributed by atoms with Crippen molar-refractivity contribution >= 4 is 11.6 Å². The van der Waals surface area contributed by atoms with Crippen LogP contribution in [0, 0.1) is 0 Å². The van der Waals surface area contributed by atoms with Gasteiger partial charge in [-0.05, 0) is 13.0 Å². The topological polar surface area (TPSA) is 45.2 Å². The van der Waals surface area contributed by atoms with Crippen LogP contribution in [0.3, 0.4) is 0 Å². The molecular weight excluding hydrogens is 247 g/mol. The van der Waals surface area contributed by atoms with Gasteiger partial charge in [0, 0.05) is 26.0 Å². The van der Waals surface area contributed by atoms with Gasteiger partial charge in [-0.2, -0.15) is 13.2 Å². The van der Waals surface area contributed by atoms with Gasteiger partial charge in [0.1, 0.15) is 6.54 Å². The van der Waals surface area contributed by atoms with E-state index in [2.05, 4.69) is 10.3 Å². The van der Waals surface area contributed by atoms with Crippen LogP contribution >= 0.6 is 0 Å². The summed E-state index contributed by atoms with van der Waals surface area (Å²) < 4.78 is 36.6. The highest BCUT2D eigenvalue weighted by Crippen LogP contribution is 2.19. The molecule has 4 nitrogen and oxygen atoms in total. The predicted molar refractivity (Wildman–Crippen MR) is 61.4 cm³/mol. The molecule has 0 spiro atoms. The minimum absolute atomic E-state index is 0.131. The van der Waals surface area contributed by atoms with Crippen LogP contribution in [0.5, 0.6) is 0 Å². The van der Waals surface area contributed by atoms with Gasteiger partial charge in [0.2, 0.25) is 0 Å². The van der Waals surface area contributed by atoms with E-state index in [1.807, 2.05) is 6.92 Å². The molecule has 0 radical (unpaired) electrons. The van der Waals surface area contributed by atoms with Crippen LogP contribution < -0.4 is 5.32 Å². The summed E-state index contributed by atoms with van der Waals surface area (Å²) in [6.45, 7) is 1.10. The quantitative estimate of drug-likeness (QED) is 0.903. The van der Waals surface area contributed by atoms with E-state index in [9.17, 15) is 18.0 Å². The fourth-order valence-corrected chi connectivity index (χ4v) is 1.46. The van der Waals surface area contributed by atoms with Gasteiger partial charge >= 0.3 is 6.18 Å². The first-order valence-corrected chi connectivity index (χ1v) is 5.35. The number of anilines is 1. The molecule has 1 amide bonds. The molecule has 18 heavy (non-hydrogen) atoms. The minimum Gasteiger partial charge on any atom is -0.385 e. The van der Waals surface area contributed by atoms with Crippen molar-refractivity contribution in [3.05, 3.63) is 24.0 Å². The fraction of sp³-hybridized carbons (Fsp3) is 0.455. The molecule has 100 valence electrons. The second-order valence-electron chi connectivity index (χ2n) is 3.73. The van der Waals surface area contributed by atoms with Gasteiger partial charge in [-0.25, -0.2) is 0 Å². The van der Waals surface area contributed by atoms with Gasteiger partial charge in [-0.15, -0.1) is 0 Å². The molecule has 1 rings (SSSR count). The highest BCUT2D eigenvalue weighted by atomic mass is 19.4. The van der Waals surface area contributed by atoms with Crippen molar-refractivity contribution in [1.29, 1.82) is 0 Å². The number of nitrogens with one attached hydrogen (secondary N) is 1. The number of hydrogen-bond donors (Lipinski definition) is 1. The van der Waals surface area contributed by atoms with E-state index in [4.69, 9.17) is 0 Å². The van der Waals surface area contributed by atoms with Gasteiger partial charge in [-0.1, -0.05) is 0 Å². The molecule has 0 aliphatic rings. The van der Waals surface area contributed by atoms with E-state index < -0.39 is 18.6 Å². The summed E-state index contributed by atoms with van der Waals surface area (Å²) in [5.74, 6) is -0.712. The number of carbonyl (C=O) groups is 1.